The van der Waals surface area contributed by atoms with Crippen molar-refractivity contribution in [1.29, 1.82) is 0 Å². The molecular formula is C21H26FNO2. The Morgan fingerprint density at radius 1 is 1.16 bits per heavy atom. The van der Waals surface area contributed by atoms with Gasteiger partial charge in [-0.3, -0.25) is 4.90 Å². The molecule has 0 unspecified atom stereocenters. The molecule has 2 aromatic carbocycles. The van der Waals surface area contributed by atoms with Crippen molar-refractivity contribution in [1.82, 2.24) is 4.90 Å². The first-order valence-corrected chi connectivity index (χ1v) is 8.91. The van der Waals surface area contributed by atoms with E-state index in [-0.39, 0.29) is 18.5 Å². The lowest BCUT2D eigenvalue weighted by Crippen LogP contribution is -2.35. The van der Waals surface area contributed by atoms with E-state index in [1.54, 1.807) is 0 Å². The molecular weight excluding hydrogens is 317 g/mol. The number of hydrogen-bond acceptors (Lipinski definition) is 3. The molecule has 1 saturated heterocycles. The van der Waals surface area contributed by atoms with Crippen LogP contribution in [-0.2, 0) is 0 Å². The number of aliphatic hydroxyl groups is 1. The van der Waals surface area contributed by atoms with Gasteiger partial charge >= 0.3 is 0 Å². The van der Waals surface area contributed by atoms with Gasteiger partial charge < -0.3 is 9.84 Å². The number of aryl methyl sites for hydroxylation is 2. The predicted octanol–water partition coefficient (Wildman–Crippen LogP) is 4.02. The molecule has 25 heavy (non-hydrogen) atoms. The Bertz CT molecular complexity index is 681. The molecule has 134 valence electrons. The number of hydrogen-bond donors (Lipinski definition) is 1. The summed E-state index contributed by atoms with van der Waals surface area (Å²) in [6.45, 7) is 5.81. The summed E-state index contributed by atoms with van der Waals surface area (Å²) >= 11 is 0. The smallest absolute Gasteiger partial charge is 0.125 e. The van der Waals surface area contributed by atoms with E-state index in [0.29, 0.717) is 6.54 Å². The lowest BCUT2D eigenvalue weighted by Gasteiger charge is -2.27. The number of β-amino-alcohol motifs (C(OH)–C–C–N with tert-alkyl or cyclic N) is 1. The molecule has 0 saturated carbocycles. The molecule has 4 heteroatoms. The molecule has 0 amide bonds. The van der Waals surface area contributed by atoms with E-state index >= 15 is 0 Å². The Kier molecular flexibility index (Phi) is 5.71. The van der Waals surface area contributed by atoms with Crippen LogP contribution in [0.2, 0.25) is 0 Å². The molecule has 0 bridgehead atoms. The van der Waals surface area contributed by atoms with Crippen molar-refractivity contribution in [3.63, 3.8) is 0 Å². The second-order valence-corrected chi connectivity index (χ2v) is 6.89. The highest BCUT2D eigenvalue weighted by Crippen LogP contribution is 2.32. The Hall–Kier alpha value is -1.91. The topological polar surface area (TPSA) is 32.7 Å². The van der Waals surface area contributed by atoms with Gasteiger partial charge in [-0.05, 0) is 62.1 Å². The van der Waals surface area contributed by atoms with Gasteiger partial charge in [-0.2, -0.15) is 0 Å². The minimum atomic E-state index is -0.556. The average molecular weight is 343 g/mol. The van der Waals surface area contributed by atoms with Gasteiger partial charge in [0.15, 0.2) is 0 Å². The Labute approximate surface area is 149 Å². The average Bonchev–Trinajstić information content (AvgIpc) is 3.03. The van der Waals surface area contributed by atoms with Crippen molar-refractivity contribution in [3.05, 3.63) is 65.0 Å². The number of rotatable bonds is 6. The van der Waals surface area contributed by atoms with Gasteiger partial charge in [0, 0.05) is 12.6 Å². The van der Waals surface area contributed by atoms with Crippen LogP contribution in [0.15, 0.2) is 42.5 Å². The molecule has 2 aromatic rings. The second kappa shape index (κ2) is 7.98. The summed E-state index contributed by atoms with van der Waals surface area (Å²) in [6, 6.07) is 13.0. The first-order valence-electron chi connectivity index (χ1n) is 8.91. The third-order valence-corrected chi connectivity index (χ3v) is 4.89. The van der Waals surface area contributed by atoms with Gasteiger partial charge in [0.25, 0.3) is 0 Å². The summed E-state index contributed by atoms with van der Waals surface area (Å²) in [6.07, 6.45) is 1.57. The highest BCUT2D eigenvalue weighted by Gasteiger charge is 2.27. The van der Waals surface area contributed by atoms with Crippen LogP contribution in [0.5, 0.6) is 5.75 Å². The largest absolute Gasteiger partial charge is 0.490 e. The molecule has 0 aliphatic carbocycles. The summed E-state index contributed by atoms with van der Waals surface area (Å²) < 4.78 is 19.0. The van der Waals surface area contributed by atoms with Crippen molar-refractivity contribution in [2.45, 2.75) is 38.8 Å². The molecule has 1 heterocycles. The molecule has 2 atom stereocenters. The summed E-state index contributed by atoms with van der Waals surface area (Å²) in [4.78, 5) is 2.27. The lowest BCUT2D eigenvalue weighted by molar-refractivity contribution is 0.0634. The fraction of sp³-hybridized carbons (Fsp3) is 0.429. The van der Waals surface area contributed by atoms with Crippen LogP contribution in [0.1, 0.15) is 35.6 Å². The first-order chi connectivity index (χ1) is 12.0. The minimum Gasteiger partial charge on any atom is -0.490 e. The molecule has 0 radical (unpaired) electrons. The Balaban J connectivity index is 1.58. The van der Waals surface area contributed by atoms with Crippen LogP contribution >= 0.6 is 0 Å². The third kappa shape index (κ3) is 4.39. The van der Waals surface area contributed by atoms with Gasteiger partial charge in [0.2, 0.25) is 0 Å². The van der Waals surface area contributed by atoms with E-state index in [2.05, 4.69) is 4.90 Å². The van der Waals surface area contributed by atoms with Crippen LogP contribution in [0.4, 0.5) is 4.39 Å². The molecule has 3 rings (SSSR count). The number of benzene rings is 2. The number of likely N-dealkylation sites (tertiary alicyclic amines) is 1. The van der Waals surface area contributed by atoms with Crippen LogP contribution < -0.4 is 4.74 Å². The van der Waals surface area contributed by atoms with Crippen LogP contribution in [0, 0.1) is 19.7 Å². The maximum atomic E-state index is 13.1. The van der Waals surface area contributed by atoms with Crippen molar-refractivity contribution < 1.29 is 14.2 Å². The Morgan fingerprint density at radius 3 is 2.52 bits per heavy atom. The van der Waals surface area contributed by atoms with Gasteiger partial charge in [-0.25, -0.2) is 4.39 Å². The zero-order valence-electron chi connectivity index (χ0n) is 14.9. The van der Waals surface area contributed by atoms with Crippen LogP contribution in [0.3, 0.4) is 0 Å². The van der Waals surface area contributed by atoms with E-state index < -0.39 is 6.10 Å². The van der Waals surface area contributed by atoms with E-state index in [9.17, 15) is 9.50 Å². The lowest BCUT2D eigenvalue weighted by atomic mass is 10.0. The number of halogens is 1. The summed E-state index contributed by atoms with van der Waals surface area (Å²) in [5, 5.41) is 10.4. The quantitative estimate of drug-likeness (QED) is 0.860. The maximum Gasteiger partial charge on any atom is 0.125 e. The van der Waals surface area contributed by atoms with Gasteiger partial charge in [-0.15, -0.1) is 0 Å². The summed E-state index contributed by atoms with van der Waals surface area (Å²) in [7, 11) is 0. The number of nitrogens with zero attached hydrogens (tertiary/aromatic N) is 1. The maximum absolute atomic E-state index is 13.1. The fourth-order valence-electron chi connectivity index (χ4n) is 3.64. The van der Waals surface area contributed by atoms with E-state index in [1.165, 1.54) is 12.1 Å². The number of ether oxygens (including phenoxy) is 1. The zero-order chi connectivity index (χ0) is 17.8. The van der Waals surface area contributed by atoms with Crippen LogP contribution in [0.25, 0.3) is 0 Å². The van der Waals surface area contributed by atoms with E-state index in [0.717, 1.165) is 41.8 Å². The third-order valence-electron chi connectivity index (χ3n) is 4.89. The van der Waals surface area contributed by atoms with Gasteiger partial charge in [-0.1, -0.05) is 30.3 Å². The van der Waals surface area contributed by atoms with Gasteiger partial charge in [0.1, 0.15) is 24.3 Å². The zero-order valence-corrected chi connectivity index (χ0v) is 14.9. The predicted molar refractivity (Wildman–Crippen MR) is 97.4 cm³/mol. The van der Waals surface area contributed by atoms with Crippen molar-refractivity contribution >= 4 is 0 Å². The number of para-hydroxylation sites is 1. The normalized spacial score (nSPS) is 19.1. The number of aliphatic hydroxyl groups excluding tert-OH is 1. The fourth-order valence-corrected chi connectivity index (χ4v) is 3.64. The standard InChI is InChI=1S/C21H26FNO2/c1-15-5-3-6-16(2)21(15)25-14-19(24)13-23-12-4-7-20(23)17-8-10-18(22)11-9-17/h3,5-6,8-11,19-20,24H,4,7,12-14H2,1-2H3/t19-,20+/m1/s1. The van der Waals surface area contributed by atoms with E-state index in [1.807, 2.05) is 44.2 Å². The molecule has 1 aliphatic heterocycles. The van der Waals surface area contributed by atoms with E-state index in [4.69, 9.17) is 4.74 Å². The van der Waals surface area contributed by atoms with Crippen molar-refractivity contribution in [2.24, 2.45) is 0 Å². The molecule has 1 fully saturated rings. The van der Waals surface area contributed by atoms with Crippen molar-refractivity contribution in [3.8, 4) is 5.75 Å². The highest BCUT2D eigenvalue weighted by molar-refractivity contribution is 5.39. The molecule has 0 spiro atoms. The van der Waals surface area contributed by atoms with Crippen molar-refractivity contribution in [2.75, 3.05) is 19.7 Å². The first kappa shape index (κ1) is 17.9. The SMILES string of the molecule is Cc1cccc(C)c1OC[C@H](O)CN1CCC[C@H]1c1ccc(F)cc1. The minimum absolute atomic E-state index is 0.213. The molecule has 1 aliphatic rings. The molecule has 0 aromatic heterocycles. The molecule has 1 N–H and O–H groups in total. The summed E-state index contributed by atoms with van der Waals surface area (Å²) in [5.41, 5.74) is 3.27. The monoisotopic (exact) mass is 343 g/mol. The van der Waals surface area contributed by atoms with Crippen LogP contribution in [-0.4, -0.2) is 35.8 Å². The Morgan fingerprint density at radius 2 is 1.84 bits per heavy atom. The second-order valence-electron chi connectivity index (χ2n) is 6.89. The highest BCUT2D eigenvalue weighted by atomic mass is 19.1. The molecule has 3 nitrogen and oxygen atoms in total. The summed E-state index contributed by atoms with van der Waals surface area (Å²) in [5.74, 6) is 0.647. The van der Waals surface area contributed by atoms with Gasteiger partial charge in [0.05, 0.1) is 0 Å².